The van der Waals surface area contributed by atoms with Crippen LogP contribution in [0.5, 0.6) is 0 Å². The van der Waals surface area contributed by atoms with E-state index in [0.29, 0.717) is 21.7 Å². The Morgan fingerprint density at radius 3 is 2.26 bits per heavy atom. The number of hydrogen-bond donors (Lipinski definition) is 0. The highest BCUT2D eigenvalue weighted by molar-refractivity contribution is 7.90. The van der Waals surface area contributed by atoms with E-state index >= 15 is 0 Å². The largest absolute Gasteiger partial charge is 0.417 e. The Morgan fingerprint density at radius 2 is 1.70 bits per heavy atom. The molecule has 3 aromatic rings. The minimum atomic E-state index is -4.50. The van der Waals surface area contributed by atoms with Crippen molar-refractivity contribution in [3.05, 3.63) is 71.4 Å². The summed E-state index contributed by atoms with van der Waals surface area (Å²) in [6.07, 6.45) is -2.71. The zero-order chi connectivity index (χ0) is 19.8. The van der Waals surface area contributed by atoms with Crippen molar-refractivity contribution < 1.29 is 21.6 Å². The number of alkyl halides is 3. The molecule has 0 fully saturated rings. The number of sulfone groups is 1. The molecule has 1 aromatic heterocycles. The van der Waals surface area contributed by atoms with Crippen molar-refractivity contribution in [2.45, 2.75) is 11.1 Å². The van der Waals surface area contributed by atoms with Gasteiger partial charge >= 0.3 is 6.18 Å². The summed E-state index contributed by atoms with van der Waals surface area (Å²) in [5.74, 6) is 0. The molecule has 3 nitrogen and oxygen atoms in total. The third-order valence-electron chi connectivity index (χ3n) is 3.91. The Hall–Kier alpha value is -2.38. The molecule has 0 bridgehead atoms. The molecule has 0 amide bonds. The SMILES string of the molecule is CS(=O)(=O)c1cccc(-c2ccc(C(F)(F)F)cn2)c1-c1cccc(Cl)c1. The van der Waals surface area contributed by atoms with Gasteiger partial charge in [-0.1, -0.05) is 35.9 Å². The summed E-state index contributed by atoms with van der Waals surface area (Å²) in [6.45, 7) is 0. The minimum Gasteiger partial charge on any atom is -0.256 e. The lowest BCUT2D eigenvalue weighted by Gasteiger charge is -2.15. The molecular formula is C19H13ClF3NO2S. The van der Waals surface area contributed by atoms with E-state index in [1.165, 1.54) is 18.2 Å². The first kappa shape index (κ1) is 19.4. The first-order chi connectivity index (χ1) is 12.6. The highest BCUT2D eigenvalue weighted by Gasteiger charge is 2.31. The number of nitrogens with zero attached hydrogens (tertiary/aromatic N) is 1. The van der Waals surface area contributed by atoms with Crippen LogP contribution in [0.1, 0.15) is 5.56 Å². The lowest BCUT2D eigenvalue weighted by molar-refractivity contribution is -0.137. The van der Waals surface area contributed by atoms with Gasteiger partial charge in [-0.05, 0) is 35.9 Å². The summed E-state index contributed by atoms with van der Waals surface area (Å²) < 4.78 is 62.9. The summed E-state index contributed by atoms with van der Waals surface area (Å²) in [5, 5.41) is 0.405. The van der Waals surface area contributed by atoms with Crippen LogP contribution < -0.4 is 0 Å². The molecule has 0 saturated heterocycles. The van der Waals surface area contributed by atoms with Crippen molar-refractivity contribution in [3.8, 4) is 22.4 Å². The lowest BCUT2D eigenvalue weighted by Crippen LogP contribution is -2.06. The van der Waals surface area contributed by atoms with E-state index in [9.17, 15) is 21.6 Å². The highest BCUT2D eigenvalue weighted by Crippen LogP contribution is 2.38. The van der Waals surface area contributed by atoms with Gasteiger partial charge in [0.2, 0.25) is 0 Å². The molecule has 3 rings (SSSR count). The van der Waals surface area contributed by atoms with E-state index in [1.807, 2.05) is 0 Å². The second kappa shape index (κ2) is 6.98. The fourth-order valence-electron chi connectivity index (χ4n) is 2.72. The topological polar surface area (TPSA) is 47.0 Å². The molecular weight excluding hydrogens is 399 g/mol. The van der Waals surface area contributed by atoms with Crippen molar-refractivity contribution in [2.75, 3.05) is 6.26 Å². The molecule has 0 aliphatic rings. The molecule has 0 aliphatic heterocycles. The molecule has 0 aliphatic carbocycles. The van der Waals surface area contributed by atoms with Gasteiger partial charge in [0.1, 0.15) is 0 Å². The molecule has 0 saturated carbocycles. The average Bonchev–Trinajstić information content (AvgIpc) is 2.60. The van der Waals surface area contributed by atoms with Crippen LogP contribution in [-0.2, 0) is 16.0 Å². The predicted molar refractivity (Wildman–Crippen MR) is 98.2 cm³/mol. The third kappa shape index (κ3) is 4.14. The normalized spacial score (nSPS) is 12.2. The molecule has 2 aromatic carbocycles. The molecule has 27 heavy (non-hydrogen) atoms. The Bertz CT molecular complexity index is 1090. The maximum absolute atomic E-state index is 12.8. The van der Waals surface area contributed by atoms with Crippen LogP contribution in [0, 0.1) is 0 Å². The first-order valence-corrected chi connectivity index (χ1v) is 9.97. The quantitative estimate of drug-likeness (QED) is 0.572. The fraction of sp³-hybridized carbons (Fsp3) is 0.105. The van der Waals surface area contributed by atoms with Gasteiger partial charge in [0.25, 0.3) is 0 Å². The summed E-state index contributed by atoms with van der Waals surface area (Å²) in [7, 11) is -3.61. The van der Waals surface area contributed by atoms with E-state index in [4.69, 9.17) is 11.6 Å². The van der Waals surface area contributed by atoms with Crippen LogP contribution in [0.4, 0.5) is 13.2 Å². The summed E-state index contributed by atoms with van der Waals surface area (Å²) in [5.41, 5.74) is 0.613. The van der Waals surface area contributed by atoms with Crippen molar-refractivity contribution in [1.82, 2.24) is 4.98 Å². The van der Waals surface area contributed by atoms with Crippen LogP contribution >= 0.6 is 11.6 Å². The Labute approximate surface area is 159 Å². The van der Waals surface area contributed by atoms with Crippen LogP contribution in [0.3, 0.4) is 0 Å². The molecule has 1 heterocycles. The molecule has 0 unspecified atom stereocenters. The summed E-state index contributed by atoms with van der Waals surface area (Å²) in [6, 6.07) is 13.3. The maximum Gasteiger partial charge on any atom is 0.417 e. The zero-order valence-electron chi connectivity index (χ0n) is 14.0. The van der Waals surface area contributed by atoms with Gasteiger partial charge in [0.15, 0.2) is 9.84 Å². The van der Waals surface area contributed by atoms with Gasteiger partial charge in [0, 0.05) is 28.6 Å². The Kier molecular flexibility index (Phi) is 5.01. The van der Waals surface area contributed by atoms with E-state index in [-0.39, 0.29) is 10.6 Å². The first-order valence-electron chi connectivity index (χ1n) is 7.70. The van der Waals surface area contributed by atoms with E-state index in [2.05, 4.69) is 4.98 Å². The van der Waals surface area contributed by atoms with Crippen molar-refractivity contribution >= 4 is 21.4 Å². The van der Waals surface area contributed by atoms with E-state index in [0.717, 1.165) is 18.5 Å². The number of benzene rings is 2. The van der Waals surface area contributed by atoms with Crippen LogP contribution in [0.2, 0.25) is 5.02 Å². The lowest BCUT2D eigenvalue weighted by atomic mass is 9.97. The predicted octanol–water partition coefficient (Wildman–Crippen LogP) is 5.49. The molecule has 0 spiro atoms. The number of rotatable bonds is 3. The molecule has 0 atom stereocenters. The van der Waals surface area contributed by atoms with Gasteiger partial charge in [0.05, 0.1) is 16.2 Å². The molecule has 140 valence electrons. The highest BCUT2D eigenvalue weighted by atomic mass is 35.5. The monoisotopic (exact) mass is 411 g/mol. The van der Waals surface area contributed by atoms with Crippen molar-refractivity contribution in [1.29, 1.82) is 0 Å². The summed E-state index contributed by atoms with van der Waals surface area (Å²) >= 11 is 6.04. The van der Waals surface area contributed by atoms with E-state index in [1.54, 1.807) is 30.3 Å². The fourth-order valence-corrected chi connectivity index (χ4v) is 3.83. The van der Waals surface area contributed by atoms with Gasteiger partial charge in [-0.2, -0.15) is 13.2 Å². The molecule has 8 heteroatoms. The van der Waals surface area contributed by atoms with Crippen LogP contribution in [0.25, 0.3) is 22.4 Å². The standard InChI is InChI=1S/C19H13ClF3NO2S/c1-27(25,26)17-7-3-6-15(18(17)12-4-2-5-14(20)10-12)16-9-8-13(11-24-16)19(21,22)23/h2-11H,1H3. The van der Waals surface area contributed by atoms with Crippen molar-refractivity contribution in [3.63, 3.8) is 0 Å². The van der Waals surface area contributed by atoms with Gasteiger partial charge in [-0.25, -0.2) is 8.42 Å². The number of aromatic nitrogens is 1. The van der Waals surface area contributed by atoms with E-state index < -0.39 is 21.6 Å². The van der Waals surface area contributed by atoms with Crippen LogP contribution in [0.15, 0.2) is 65.7 Å². The number of pyridine rings is 1. The zero-order valence-corrected chi connectivity index (χ0v) is 15.5. The number of halogens is 4. The second-order valence-electron chi connectivity index (χ2n) is 5.89. The third-order valence-corrected chi connectivity index (χ3v) is 5.28. The van der Waals surface area contributed by atoms with Gasteiger partial charge < -0.3 is 0 Å². The van der Waals surface area contributed by atoms with Crippen LogP contribution in [-0.4, -0.2) is 19.7 Å². The maximum atomic E-state index is 12.8. The van der Waals surface area contributed by atoms with Gasteiger partial charge in [-0.3, -0.25) is 4.98 Å². The molecule has 0 N–H and O–H groups in total. The smallest absolute Gasteiger partial charge is 0.256 e. The summed E-state index contributed by atoms with van der Waals surface area (Å²) in [4.78, 5) is 3.94. The van der Waals surface area contributed by atoms with Crippen molar-refractivity contribution in [2.24, 2.45) is 0 Å². The second-order valence-corrected chi connectivity index (χ2v) is 8.31. The Balaban J connectivity index is 2.28. The number of hydrogen-bond acceptors (Lipinski definition) is 3. The molecule has 0 radical (unpaired) electrons. The Morgan fingerprint density at radius 1 is 1.00 bits per heavy atom. The van der Waals surface area contributed by atoms with Gasteiger partial charge in [-0.15, -0.1) is 0 Å². The average molecular weight is 412 g/mol. The minimum absolute atomic E-state index is 0.0453.